The number of carbonyl (C=O) groups is 1. The molecule has 0 atom stereocenters. The molecule has 0 radical (unpaired) electrons. The van der Waals surface area contributed by atoms with E-state index in [0.29, 0.717) is 0 Å². The van der Waals surface area contributed by atoms with Crippen LogP contribution in [0.3, 0.4) is 0 Å². The van der Waals surface area contributed by atoms with Crippen LogP contribution in [0.25, 0.3) is 5.52 Å². The summed E-state index contributed by atoms with van der Waals surface area (Å²) in [5, 5.41) is 8.63. The molecule has 2 heterocycles. The molecule has 0 saturated carbocycles. The first-order valence-corrected chi connectivity index (χ1v) is 6.21. The van der Waals surface area contributed by atoms with Crippen LogP contribution in [0, 0.1) is 0 Å². The highest BCUT2D eigenvalue weighted by atomic mass is 32.2. The van der Waals surface area contributed by atoms with Crippen LogP contribution in [0.5, 0.6) is 0 Å². The SMILES string of the molecule is CS(=O)(=O)c1nc(C(=O)O)c2ccccn12. The number of imidazole rings is 1. The molecular weight excluding hydrogens is 232 g/mol. The minimum absolute atomic E-state index is 0.260. The summed E-state index contributed by atoms with van der Waals surface area (Å²) >= 11 is 0. The molecule has 0 bridgehead atoms. The first-order valence-electron chi connectivity index (χ1n) is 4.31. The van der Waals surface area contributed by atoms with Gasteiger partial charge >= 0.3 is 5.97 Å². The Morgan fingerprint density at radius 3 is 2.69 bits per heavy atom. The van der Waals surface area contributed by atoms with Crippen LogP contribution >= 0.6 is 0 Å². The number of carboxylic acids is 1. The van der Waals surface area contributed by atoms with Crippen LogP contribution in [0.2, 0.25) is 0 Å². The van der Waals surface area contributed by atoms with E-state index < -0.39 is 15.8 Å². The van der Waals surface area contributed by atoms with Gasteiger partial charge in [0.1, 0.15) is 0 Å². The second-order valence-electron chi connectivity index (χ2n) is 3.28. The first kappa shape index (κ1) is 10.6. The Kier molecular flexibility index (Phi) is 2.20. The van der Waals surface area contributed by atoms with Crippen molar-refractivity contribution in [1.29, 1.82) is 0 Å². The molecule has 0 unspecified atom stereocenters. The molecule has 2 rings (SSSR count). The molecule has 0 aliphatic carbocycles. The maximum atomic E-state index is 11.4. The van der Waals surface area contributed by atoms with E-state index in [1.54, 1.807) is 12.1 Å². The molecule has 0 aliphatic heterocycles. The highest BCUT2D eigenvalue weighted by Gasteiger charge is 2.21. The molecule has 2 aromatic heterocycles. The molecule has 84 valence electrons. The van der Waals surface area contributed by atoms with Crippen molar-refractivity contribution in [3.8, 4) is 0 Å². The lowest BCUT2D eigenvalue weighted by Crippen LogP contribution is -2.03. The smallest absolute Gasteiger partial charge is 0.356 e. The van der Waals surface area contributed by atoms with Gasteiger partial charge in [0.05, 0.1) is 5.52 Å². The predicted molar refractivity (Wildman–Crippen MR) is 55.3 cm³/mol. The molecule has 6 nitrogen and oxygen atoms in total. The maximum Gasteiger partial charge on any atom is 0.356 e. The summed E-state index contributed by atoms with van der Waals surface area (Å²) in [5.74, 6) is -1.25. The Balaban J connectivity index is 2.93. The summed E-state index contributed by atoms with van der Waals surface area (Å²) < 4.78 is 24.1. The van der Waals surface area contributed by atoms with Gasteiger partial charge in [0.15, 0.2) is 5.69 Å². The number of pyridine rings is 1. The summed E-state index contributed by atoms with van der Waals surface area (Å²) in [6.07, 6.45) is 2.45. The lowest BCUT2D eigenvalue weighted by molar-refractivity contribution is 0.0693. The van der Waals surface area contributed by atoms with Gasteiger partial charge in [-0.05, 0) is 12.1 Å². The Hall–Kier alpha value is -1.89. The van der Waals surface area contributed by atoms with Gasteiger partial charge in [-0.3, -0.25) is 4.40 Å². The highest BCUT2D eigenvalue weighted by Crippen LogP contribution is 2.16. The van der Waals surface area contributed by atoms with E-state index in [0.717, 1.165) is 6.26 Å². The van der Waals surface area contributed by atoms with Crippen molar-refractivity contribution in [2.45, 2.75) is 5.16 Å². The minimum Gasteiger partial charge on any atom is -0.476 e. The van der Waals surface area contributed by atoms with E-state index in [-0.39, 0.29) is 16.4 Å². The molecule has 0 aliphatic rings. The standard InChI is InChI=1S/C9H8N2O4S/c1-16(14,15)9-10-7(8(12)13)6-4-2-3-5-11(6)9/h2-5H,1H3,(H,12,13). The zero-order chi connectivity index (χ0) is 11.9. The summed E-state index contributed by atoms with van der Waals surface area (Å²) in [6, 6.07) is 4.73. The molecule has 0 amide bonds. The van der Waals surface area contributed by atoms with Crippen molar-refractivity contribution in [3.63, 3.8) is 0 Å². The second kappa shape index (κ2) is 3.31. The summed E-state index contributed by atoms with van der Waals surface area (Å²) in [4.78, 5) is 14.5. The summed E-state index contributed by atoms with van der Waals surface area (Å²) in [7, 11) is -3.55. The number of rotatable bonds is 2. The molecule has 16 heavy (non-hydrogen) atoms. The molecule has 7 heteroatoms. The van der Waals surface area contributed by atoms with Crippen LogP contribution in [0.15, 0.2) is 29.6 Å². The molecule has 0 saturated heterocycles. The number of hydrogen-bond donors (Lipinski definition) is 1. The van der Waals surface area contributed by atoms with Crippen molar-refractivity contribution < 1.29 is 18.3 Å². The third-order valence-corrected chi connectivity index (χ3v) is 3.00. The maximum absolute atomic E-state index is 11.4. The number of sulfone groups is 1. The normalized spacial score (nSPS) is 11.8. The van der Waals surface area contributed by atoms with Gasteiger partial charge in [0.2, 0.25) is 15.0 Å². The molecule has 0 spiro atoms. The van der Waals surface area contributed by atoms with Crippen molar-refractivity contribution >= 4 is 21.3 Å². The summed E-state index contributed by atoms with van der Waals surface area (Å²) in [6.45, 7) is 0. The van der Waals surface area contributed by atoms with Crippen molar-refractivity contribution in [1.82, 2.24) is 9.38 Å². The Morgan fingerprint density at radius 2 is 2.12 bits per heavy atom. The number of aromatic carboxylic acids is 1. The van der Waals surface area contributed by atoms with Gasteiger partial charge < -0.3 is 5.11 Å². The van der Waals surface area contributed by atoms with Gasteiger partial charge in [0.25, 0.3) is 0 Å². The van der Waals surface area contributed by atoms with Crippen LogP contribution < -0.4 is 0 Å². The number of hydrogen-bond acceptors (Lipinski definition) is 4. The van der Waals surface area contributed by atoms with E-state index in [1.165, 1.54) is 16.7 Å². The van der Waals surface area contributed by atoms with E-state index in [2.05, 4.69) is 4.98 Å². The van der Waals surface area contributed by atoms with Gasteiger partial charge in [0, 0.05) is 12.5 Å². The molecule has 0 fully saturated rings. The van der Waals surface area contributed by atoms with Gasteiger partial charge in [-0.25, -0.2) is 18.2 Å². The lowest BCUT2D eigenvalue weighted by atomic mass is 10.3. The van der Waals surface area contributed by atoms with Gasteiger partial charge in [-0.1, -0.05) is 6.07 Å². The molecule has 1 N–H and O–H groups in total. The van der Waals surface area contributed by atoms with Crippen molar-refractivity contribution in [2.24, 2.45) is 0 Å². The van der Waals surface area contributed by atoms with Crippen molar-refractivity contribution in [2.75, 3.05) is 6.26 Å². The second-order valence-corrected chi connectivity index (χ2v) is 5.19. The van der Waals surface area contributed by atoms with E-state index >= 15 is 0 Å². The fourth-order valence-electron chi connectivity index (χ4n) is 1.43. The minimum atomic E-state index is -3.55. The zero-order valence-corrected chi connectivity index (χ0v) is 9.10. The van der Waals surface area contributed by atoms with Crippen LogP contribution in [-0.4, -0.2) is 35.1 Å². The van der Waals surface area contributed by atoms with E-state index in [1.807, 2.05) is 0 Å². The molecule has 0 aromatic carbocycles. The van der Waals surface area contributed by atoms with E-state index in [9.17, 15) is 13.2 Å². The molecular formula is C9H8N2O4S. The van der Waals surface area contributed by atoms with Crippen molar-refractivity contribution in [3.05, 3.63) is 30.1 Å². The van der Waals surface area contributed by atoms with Crippen LogP contribution in [0.1, 0.15) is 10.5 Å². The Morgan fingerprint density at radius 1 is 1.44 bits per heavy atom. The lowest BCUT2D eigenvalue weighted by Gasteiger charge is -1.96. The third kappa shape index (κ3) is 1.54. The Labute approximate surface area is 91.1 Å². The highest BCUT2D eigenvalue weighted by molar-refractivity contribution is 7.90. The topological polar surface area (TPSA) is 88.7 Å². The quantitative estimate of drug-likeness (QED) is 0.822. The average molecular weight is 240 g/mol. The fourth-order valence-corrected chi connectivity index (χ4v) is 2.20. The number of fused-ring (bicyclic) bond motifs is 1. The first-order chi connectivity index (χ1) is 7.41. The van der Waals surface area contributed by atoms with Crippen LogP contribution in [0.4, 0.5) is 0 Å². The Bertz CT molecular complexity index is 672. The average Bonchev–Trinajstić information content (AvgIpc) is 2.56. The van der Waals surface area contributed by atoms with Gasteiger partial charge in [-0.15, -0.1) is 0 Å². The van der Waals surface area contributed by atoms with Gasteiger partial charge in [-0.2, -0.15) is 0 Å². The van der Waals surface area contributed by atoms with E-state index in [4.69, 9.17) is 5.11 Å². The third-order valence-electron chi connectivity index (χ3n) is 2.05. The monoisotopic (exact) mass is 240 g/mol. The number of nitrogens with zero attached hydrogens (tertiary/aromatic N) is 2. The zero-order valence-electron chi connectivity index (χ0n) is 8.28. The molecule has 2 aromatic rings. The predicted octanol–water partition coefficient (Wildman–Crippen LogP) is 0.436. The number of aromatic nitrogens is 2. The summed E-state index contributed by atoms with van der Waals surface area (Å²) in [5.41, 5.74) is -0.00329. The van der Waals surface area contributed by atoms with Crippen LogP contribution in [-0.2, 0) is 9.84 Å². The fraction of sp³-hybridized carbons (Fsp3) is 0.111. The largest absolute Gasteiger partial charge is 0.476 e. The number of carboxylic acid groups (broad SMARTS) is 1.